The number of amides is 1. The van der Waals surface area contributed by atoms with Crippen molar-refractivity contribution in [3.8, 4) is 0 Å². The number of nitrogens with one attached hydrogen (secondary N) is 1. The van der Waals surface area contributed by atoms with Gasteiger partial charge < -0.3 is 15.3 Å². The van der Waals surface area contributed by atoms with Gasteiger partial charge in [-0.3, -0.25) is 10.1 Å². The Morgan fingerprint density at radius 1 is 1.00 bits per heavy atom. The van der Waals surface area contributed by atoms with Gasteiger partial charge in [0.05, 0.1) is 5.69 Å². The van der Waals surface area contributed by atoms with E-state index in [1.54, 1.807) is 0 Å². The molecule has 3 heterocycles. The minimum Gasteiger partial charge on any atom is -0.412 e. The fraction of sp³-hybridized carbons (Fsp3) is 0.467. The van der Waals surface area contributed by atoms with Crippen LogP contribution in [0.15, 0.2) is 23.2 Å². The van der Waals surface area contributed by atoms with Crippen molar-refractivity contribution in [2.75, 3.05) is 24.5 Å². The molecular formula is C15H22Cl2N4O2. The molecule has 3 N–H and O–H groups in total. The third kappa shape index (κ3) is 3.71. The quantitative estimate of drug-likeness (QED) is 0.826. The van der Waals surface area contributed by atoms with Crippen LogP contribution in [0.1, 0.15) is 24.8 Å². The van der Waals surface area contributed by atoms with Crippen LogP contribution in [0.5, 0.6) is 0 Å². The summed E-state index contributed by atoms with van der Waals surface area (Å²) >= 11 is 0. The Bertz CT molecular complexity index is 603. The molecule has 6 nitrogen and oxygen atoms in total. The molecule has 128 valence electrons. The van der Waals surface area contributed by atoms with E-state index in [1.165, 1.54) is 30.5 Å². The average molecular weight is 361 g/mol. The summed E-state index contributed by atoms with van der Waals surface area (Å²) < 4.78 is 0. The van der Waals surface area contributed by atoms with Gasteiger partial charge in [0.2, 0.25) is 11.9 Å². The van der Waals surface area contributed by atoms with Gasteiger partial charge in [0, 0.05) is 25.3 Å². The highest BCUT2D eigenvalue weighted by Gasteiger charge is 2.29. The molecule has 1 aromatic carbocycles. The van der Waals surface area contributed by atoms with Crippen LogP contribution in [-0.2, 0) is 11.3 Å². The maximum absolute atomic E-state index is 11.4. The zero-order valence-corrected chi connectivity index (χ0v) is 14.4. The molecule has 4 rings (SSSR count). The number of piperidine rings is 1. The number of anilines is 1. The third-order valence-corrected chi connectivity index (χ3v) is 4.26. The molecule has 1 aromatic rings. The minimum absolute atomic E-state index is 0. The first-order valence-electron chi connectivity index (χ1n) is 7.31. The Balaban J connectivity index is 0.000000882. The predicted molar refractivity (Wildman–Crippen MR) is 96.3 cm³/mol. The largest absolute Gasteiger partial charge is 0.412 e. The van der Waals surface area contributed by atoms with Crippen LogP contribution in [0.4, 0.5) is 11.4 Å². The van der Waals surface area contributed by atoms with Crippen molar-refractivity contribution >= 4 is 48.1 Å². The SMILES string of the molecule is Cl.Cl.O.O=C1CN2Cc3cc(N4CCCCC4)ccc3N=C2N1. The van der Waals surface area contributed by atoms with E-state index in [0.29, 0.717) is 12.5 Å². The van der Waals surface area contributed by atoms with Gasteiger partial charge >= 0.3 is 0 Å². The number of carbonyl (C=O) groups excluding carboxylic acids is 1. The molecule has 2 fully saturated rings. The first-order chi connectivity index (χ1) is 9.79. The van der Waals surface area contributed by atoms with Crippen LogP contribution in [0.2, 0.25) is 0 Å². The van der Waals surface area contributed by atoms with E-state index >= 15 is 0 Å². The summed E-state index contributed by atoms with van der Waals surface area (Å²) in [5, 5.41) is 2.80. The summed E-state index contributed by atoms with van der Waals surface area (Å²) in [5.41, 5.74) is 3.49. The number of halogens is 2. The summed E-state index contributed by atoms with van der Waals surface area (Å²) in [7, 11) is 0. The second-order valence-corrected chi connectivity index (χ2v) is 5.70. The van der Waals surface area contributed by atoms with Crippen molar-refractivity contribution in [1.82, 2.24) is 10.2 Å². The van der Waals surface area contributed by atoms with Crippen LogP contribution >= 0.6 is 24.8 Å². The van der Waals surface area contributed by atoms with Gasteiger partial charge in [-0.05, 0) is 43.0 Å². The zero-order chi connectivity index (χ0) is 13.5. The average Bonchev–Trinajstić information content (AvgIpc) is 2.84. The number of hydrogen-bond acceptors (Lipinski definition) is 4. The zero-order valence-electron chi connectivity index (χ0n) is 12.7. The monoisotopic (exact) mass is 360 g/mol. The highest BCUT2D eigenvalue weighted by Crippen LogP contribution is 2.31. The van der Waals surface area contributed by atoms with E-state index in [1.807, 2.05) is 4.90 Å². The van der Waals surface area contributed by atoms with Crippen molar-refractivity contribution in [3.63, 3.8) is 0 Å². The summed E-state index contributed by atoms with van der Waals surface area (Å²) in [6, 6.07) is 6.47. The van der Waals surface area contributed by atoms with Crippen LogP contribution in [0.3, 0.4) is 0 Å². The lowest BCUT2D eigenvalue weighted by molar-refractivity contribution is -0.118. The third-order valence-electron chi connectivity index (χ3n) is 4.26. The first-order valence-corrected chi connectivity index (χ1v) is 7.31. The number of guanidine groups is 1. The van der Waals surface area contributed by atoms with Crippen LogP contribution in [0.25, 0.3) is 0 Å². The molecule has 0 atom stereocenters. The molecule has 0 saturated carbocycles. The molecule has 0 bridgehead atoms. The van der Waals surface area contributed by atoms with E-state index in [-0.39, 0.29) is 36.2 Å². The van der Waals surface area contributed by atoms with E-state index < -0.39 is 0 Å². The molecule has 23 heavy (non-hydrogen) atoms. The smallest absolute Gasteiger partial charge is 0.246 e. The second kappa shape index (κ2) is 7.86. The molecule has 0 spiro atoms. The Labute approximate surface area is 148 Å². The maximum atomic E-state index is 11.4. The number of rotatable bonds is 1. The Morgan fingerprint density at radius 3 is 2.48 bits per heavy atom. The molecule has 8 heteroatoms. The number of fused-ring (bicyclic) bond motifs is 2. The standard InChI is InChI=1S/C15H18N4O.2ClH.H2O/c20-14-10-19-9-11-8-12(18-6-2-1-3-7-18)4-5-13(11)16-15(19)17-14;;;/h4-5,8H,1-3,6-7,9-10H2,(H,16,17,20);2*1H;1H2. The molecule has 0 aliphatic carbocycles. The summed E-state index contributed by atoms with van der Waals surface area (Å²) in [6.07, 6.45) is 3.91. The number of hydrogen-bond donors (Lipinski definition) is 1. The maximum Gasteiger partial charge on any atom is 0.246 e. The fourth-order valence-corrected chi connectivity index (χ4v) is 3.20. The topological polar surface area (TPSA) is 79.4 Å². The van der Waals surface area contributed by atoms with Gasteiger partial charge in [-0.15, -0.1) is 24.8 Å². The lowest BCUT2D eigenvalue weighted by Gasteiger charge is -2.30. The molecule has 0 unspecified atom stereocenters. The number of aliphatic imine (C=N–C) groups is 1. The lowest BCUT2D eigenvalue weighted by Crippen LogP contribution is -2.32. The van der Waals surface area contributed by atoms with Crippen molar-refractivity contribution in [1.29, 1.82) is 0 Å². The summed E-state index contributed by atoms with van der Waals surface area (Å²) in [6.45, 7) is 3.49. The van der Waals surface area contributed by atoms with Gasteiger partial charge in [0.15, 0.2) is 0 Å². The Kier molecular flexibility index (Phi) is 6.68. The highest BCUT2D eigenvalue weighted by molar-refractivity contribution is 6.05. The lowest BCUT2D eigenvalue weighted by atomic mass is 10.1. The Hall–Kier alpha value is -1.50. The molecule has 0 radical (unpaired) electrons. The van der Waals surface area contributed by atoms with E-state index in [9.17, 15) is 4.79 Å². The predicted octanol–water partition coefficient (Wildman–Crippen LogP) is 1.63. The Morgan fingerprint density at radius 2 is 1.74 bits per heavy atom. The number of nitrogens with zero attached hydrogens (tertiary/aromatic N) is 3. The fourth-order valence-electron chi connectivity index (χ4n) is 3.20. The van der Waals surface area contributed by atoms with Crippen LogP contribution in [-0.4, -0.2) is 41.9 Å². The molecule has 0 aromatic heterocycles. The number of benzene rings is 1. The van der Waals surface area contributed by atoms with Crippen molar-refractivity contribution in [2.24, 2.45) is 4.99 Å². The summed E-state index contributed by atoms with van der Waals surface area (Å²) in [5.74, 6) is 0.737. The molecule has 2 saturated heterocycles. The molecule has 3 aliphatic heterocycles. The minimum atomic E-state index is 0. The van der Waals surface area contributed by atoms with E-state index in [4.69, 9.17) is 0 Å². The van der Waals surface area contributed by atoms with Gasteiger partial charge in [-0.1, -0.05) is 0 Å². The van der Waals surface area contributed by atoms with E-state index in [2.05, 4.69) is 33.4 Å². The van der Waals surface area contributed by atoms with Gasteiger partial charge in [-0.2, -0.15) is 0 Å². The summed E-state index contributed by atoms with van der Waals surface area (Å²) in [4.78, 5) is 20.4. The van der Waals surface area contributed by atoms with E-state index in [0.717, 1.165) is 25.3 Å². The molecular weight excluding hydrogens is 339 g/mol. The van der Waals surface area contributed by atoms with Gasteiger partial charge in [0.1, 0.15) is 6.54 Å². The van der Waals surface area contributed by atoms with Crippen LogP contribution in [0, 0.1) is 0 Å². The van der Waals surface area contributed by atoms with Crippen LogP contribution < -0.4 is 10.2 Å². The molecule has 1 amide bonds. The van der Waals surface area contributed by atoms with Crippen molar-refractivity contribution < 1.29 is 10.3 Å². The number of carbonyl (C=O) groups is 1. The van der Waals surface area contributed by atoms with Gasteiger partial charge in [-0.25, -0.2) is 4.99 Å². The normalized spacial score (nSPS) is 18.4. The first kappa shape index (κ1) is 19.5. The van der Waals surface area contributed by atoms with Gasteiger partial charge in [0.25, 0.3) is 0 Å². The highest BCUT2D eigenvalue weighted by atomic mass is 35.5. The second-order valence-electron chi connectivity index (χ2n) is 5.70. The van der Waals surface area contributed by atoms with Crippen molar-refractivity contribution in [3.05, 3.63) is 23.8 Å². The molecule has 3 aliphatic rings. The van der Waals surface area contributed by atoms with Crippen molar-refractivity contribution in [2.45, 2.75) is 25.8 Å².